The molecule has 1 saturated heterocycles. The lowest BCUT2D eigenvalue weighted by Crippen LogP contribution is -2.36. The van der Waals surface area contributed by atoms with Crippen LogP contribution in [-0.2, 0) is 17.5 Å². The molecule has 11 heteroatoms. The molecule has 1 aliphatic heterocycles. The van der Waals surface area contributed by atoms with Gasteiger partial charge in [-0.2, -0.15) is 18.4 Å². The molecule has 1 N–H and O–H groups in total. The van der Waals surface area contributed by atoms with Crippen molar-refractivity contribution in [1.82, 2.24) is 15.1 Å². The number of alkyl halides is 3. The molecule has 1 aromatic heterocycles. The third kappa shape index (κ3) is 4.52. The Balaban J connectivity index is 1.52. The molecule has 4 rings (SSSR count). The number of likely N-dealkylation sites (tertiary alicyclic amines) is 1. The number of hydrogen-bond donors (Lipinski definition) is 1. The van der Waals surface area contributed by atoms with Crippen molar-refractivity contribution in [1.29, 1.82) is 5.26 Å². The predicted molar refractivity (Wildman–Crippen MR) is 111 cm³/mol. The summed E-state index contributed by atoms with van der Waals surface area (Å²) in [7, 11) is 0. The fourth-order valence-corrected chi connectivity index (χ4v) is 3.80. The van der Waals surface area contributed by atoms with Crippen LogP contribution in [0.5, 0.6) is 11.5 Å². The summed E-state index contributed by atoms with van der Waals surface area (Å²) in [6.45, 7) is 3.74. The molecule has 2 aromatic carbocycles. The van der Waals surface area contributed by atoms with E-state index >= 15 is 0 Å². The van der Waals surface area contributed by atoms with Crippen molar-refractivity contribution in [2.24, 2.45) is 5.41 Å². The monoisotopic (exact) mass is 472 g/mol. The van der Waals surface area contributed by atoms with E-state index in [0.29, 0.717) is 5.56 Å². The van der Waals surface area contributed by atoms with Crippen molar-refractivity contribution in [2.45, 2.75) is 32.7 Å². The number of benzene rings is 2. The number of nitrogens with zero attached hydrogens (tertiary/aromatic N) is 4. The van der Waals surface area contributed by atoms with Gasteiger partial charge in [-0.3, -0.25) is 4.79 Å². The zero-order valence-corrected chi connectivity index (χ0v) is 18.1. The molecule has 1 unspecified atom stereocenters. The third-order valence-electron chi connectivity index (χ3n) is 5.40. The van der Waals surface area contributed by atoms with Crippen LogP contribution in [0.4, 0.5) is 13.2 Å². The molecule has 8 nitrogen and oxygen atoms in total. The highest BCUT2D eigenvalue weighted by molar-refractivity contribution is 5.84. The number of aromatic nitrogens is 2. The molecule has 2 heterocycles. The van der Waals surface area contributed by atoms with Crippen LogP contribution in [0, 0.1) is 16.7 Å². The van der Waals surface area contributed by atoms with Gasteiger partial charge in [-0.15, -0.1) is 10.2 Å². The summed E-state index contributed by atoms with van der Waals surface area (Å²) in [5, 5.41) is 26.5. The maximum Gasteiger partial charge on any atom is 0.417 e. The lowest BCUT2D eigenvalue weighted by molar-refractivity contribution is -0.138. The second kappa shape index (κ2) is 8.37. The van der Waals surface area contributed by atoms with Crippen LogP contribution in [0.2, 0.25) is 0 Å². The average molecular weight is 472 g/mol. The Bertz CT molecular complexity index is 1280. The van der Waals surface area contributed by atoms with Crippen molar-refractivity contribution >= 4 is 5.91 Å². The number of hydrogen-bond acceptors (Lipinski definition) is 7. The number of rotatable bonds is 5. The van der Waals surface area contributed by atoms with E-state index in [1.807, 2.05) is 0 Å². The second-order valence-electron chi connectivity index (χ2n) is 8.55. The highest BCUT2D eigenvalue weighted by Gasteiger charge is 2.48. The van der Waals surface area contributed by atoms with Crippen LogP contribution in [0.25, 0.3) is 11.5 Å². The van der Waals surface area contributed by atoms with Gasteiger partial charge in [-0.25, -0.2) is 0 Å². The fourth-order valence-electron chi connectivity index (χ4n) is 3.80. The van der Waals surface area contributed by atoms with Gasteiger partial charge < -0.3 is 19.2 Å². The molecule has 0 spiro atoms. The van der Waals surface area contributed by atoms with E-state index in [2.05, 4.69) is 10.2 Å². The molecular formula is C23H19F3N4O4. The number of amides is 1. The molecule has 0 radical (unpaired) electrons. The summed E-state index contributed by atoms with van der Waals surface area (Å²) in [6, 6.07) is 10.7. The quantitative estimate of drug-likeness (QED) is 0.594. The molecule has 176 valence electrons. The summed E-state index contributed by atoms with van der Waals surface area (Å²) in [6.07, 6.45) is -5.80. The van der Waals surface area contributed by atoms with Crippen molar-refractivity contribution in [3.8, 4) is 29.0 Å². The molecule has 1 fully saturated rings. The van der Waals surface area contributed by atoms with Crippen molar-refractivity contribution < 1.29 is 32.2 Å². The van der Waals surface area contributed by atoms with Crippen LogP contribution < -0.4 is 4.74 Å². The average Bonchev–Trinajstić information content (AvgIpc) is 3.31. The maximum atomic E-state index is 13.3. The summed E-state index contributed by atoms with van der Waals surface area (Å²) in [5.41, 5.74) is -1.89. The van der Waals surface area contributed by atoms with Gasteiger partial charge in [-0.1, -0.05) is 19.9 Å². The molecule has 1 amide bonds. The van der Waals surface area contributed by atoms with Crippen LogP contribution in [0.3, 0.4) is 0 Å². The van der Waals surface area contributed by atoms with E-state index in [9.17, 15) is 23.1 Å². The fraction of sp³-hybridized carbons (Fsp3) is 0.304. The largest absolute Gasteiger partial charge is 0.508 e. The summed E-state index contributed by atoms with van der Waals surface area (Å²) in [5.74, 6) is -0.253. The van der Waals surface area contributed by atoms with Gasteiger partial charge in [-0.05, 0) is 36.4 Å². The topological polar surface area (TPSA) is 112 Å². The summed E-state index contributed by atoms with van der Waals surface area (Å²) >= 11 is 0. The van der Waals surface area contributed by atoms with Crippen molar-refractivity contribution in [3.05, 3.63) is 59.5 Å². The first-order valence-electron chi connectivity index (χ1n) is 10.2. The number of halogens is 3. The predicted octanol–water partition coefficient (Wildman–Crippen LogP) is 4.15. The number of phenolic OH excluding ortho intramolecular Hbond substituents is 1. The highest BCUT2D eigenvalue weighted by Crippen LogP contribution is 2.38. The molecule has 3 aromatic rings. The van der Waals surface area contributed by atoms with Gasteiger partial charge >= 0.3 is 6.18 Å². The minimum Gasteiger partial charge on any atom is -0.508 e. The van der Waals surface area contributed by atoms with Gasteiger partial charge in [0.15, 0.2) is 6.10 Å². The Morgan fingerprint density at radius 1 is 1.26 bits per heavy atom. The van der Waals surface area contributed by atoms with Gasteiger partial charge in [0, 0.05) is 17.5 Å². The first kappa shape index (κ1) is 23.1. The SMILES string of the molecule is CC1(C)CN(Cc2nnc(-c3cccc(O)c3)o2)C(=O)C1Oc1ccc(C#N)c(C(F)(F)F)c1. The first-order chi connectivity index (χ1) is 16.0. The van der Waals surface area contributed by atoms with E-state index in [4.69, 9.17) is 14.4 Å². The molecule has 0 saturated carbocycles. The normalized spacial score (nSPS) is 17.6. The number of aromatic hydroxyl groups is 1. The van der Waals surface area contributed by atoms with Crippen LogP contribution in [-0.4, -0.2) is 38.8 Å². The number of phenols is 1. The lowest BCUT2D eigenvalue weighted by atomic mass is 9.89. The van der Waals surface area contributed by atoms with Crippen molar-refractivity contribution in [2.75, 3.05) is 6.54 Å². The van der Waals surface area contributed by atoms with Gasteiger partial charge in [0.1, 0.15) is 11.5 Å². The molecule has 0 bridgehead atoms. The Labute approximate surface area is 192 Å². The van der Waals surface area contributed by atoms with Crippen LogP contribution in [0.1, 0.15) is 30.9 Å². The summed E-state index contributed by atoms with van der Waals surface area (Å²) in [4.78, 5) is 14.5. The number of nitriles is 1. The number of carbonyl (C=O) groups is 1. The first-order valence-corrected chi connectivity index (χ1v) is 10.2. The van der Waals surface area contributed by atoms with E-state index in [1.165, 1.54) is 29.2 Å². The molecule has 1 atom stereocenters. The minimum atomic E-state index is -4.74. The van der Waals surface area contributed by atoms with Crippen molar-refractivity contribution in [3.63, 3.8) is 0 Å². The van der Waals surface area contributed by atoms with Gasteiger partial charge in [0.05, 0.1) is 23.7 Å². The zero-order chi connectivity index (χ0) is 24.7. The maximum absolute atomic E-state index is 13.3. The second-order valence-corrected chi connectivity index (χ2v) is 8.55. The van der Waals surface area contributed by atoms with Crippen LogP contribution >= 0.6 is 0 Å². The van der Waals surface area contributed by atoms with E-state index in [1.54, 1.807) is 26.0 Å². The Kier molecular flexibility index (Phi) is 5.69. The molecule has 34 heavy (non-hydrogen) atoms. The van der Waals surface area contributed by atoms with E-state index in [0.717, 1.165) is 12.1 Å². The Morgan fingerprint density at radius 3 is 2.71 bits per heavy atom. The standard InChI is InChI=1S/C23H19F3N4O4/c1-22(2)12-30(11-18-28-29-20(34-18)13-4-3-5-15(31)8-13)21(32)19(22)33-16-7-6-14(10-27)17(9-16)23(24,25)26/h3-9,19,31H,11-12H2,1-2H3. The number of carbonyl (C=O) groups excluding carboxylic acids is 1. The third-order valence-corrected chi connectivity index (χ3v) is 5.40. The smallest absolute Gasteiger partial charge is 0.417 e. The number of ether oxygens (including phenoxy) is 1. The van der Waals surface area contributed by atoms with Gasteiger partial charge in [0.2, 0.25) is 11.8 Å². The molecular weight excluding hydrogens is 453 g/mol. The molecule has 1 aliphatic rings. The van der Waals surface area contributed by atoms with E-state index in [-0.39, 0.29) is 36.4 Å². The highest BCUT2D eigenvalue weighted by atomic mass is 19.4. The van der Waals surface area contributed by atoms with E-state index < -0.39 is 34.7 Å². The Morgan fingerprint density at radius 2 is 2.03 bits per heavy atom. The minimum absolute atomic E-state index is 0.0187. The van der Waals surface area contributed by atoms with Gasteiger partial charge in [0.25, 0.3) is 5.91 Å². The lowest BCUT2D eigenvalue weighted by Gasteiger charge is -2.24. The molecule has 0 aliphatic carbocycles. The Hall–Kier alpha value is -4.07. The summed E-state index contributed by atoms with van der Waals surface area (Å²) < 4.78 is 51.2. The van der Waals surface area contributed by atoms with Crippen LogP contribution in [0.15, 0.2) is 46.9 Å². The zero-order valence-electron chi connectivity index (χ0n) is 18.1.